The maximum atomic E-state index is 12.1. The van der Waals surface area contributed by atoms with Gasteiger partial charge in [-0.05, 0) is 17.9 Å². The van der Waals surface area contributed by atoms with Crippen LogP contribution in [0.2, 0.25) is 0 Å². The summed E-state index contributed by atoms with van der Waals surface area (Å²) in [7, 11) is 0. The number of carbonyl (C=O) groups is 2. The molecule has 2 heterocycles. The van der Waals surface area contributed by atoms with Gasteiger partial charge in [-0.2, -0.15) is 11.8 Å². The van der Waals surface area contributed by atoms with Crippen LogP contribution in [-0.4, -0.2) is 35.3 Å². The predicted molar refractivity (Wildman–Crippen MR) is 88.4 cm³/mol. The monoisotopic (exact) mass is 331 g/mol. The van der Waals surface area contributed by atoms with Gasteiger partial charge in [0.1, 0.15) is 11.8 Å². The first-order valence-corrected chi connectivity index (χ1v) is 8.55. The van der Waals surface area contributed by atoms with Crippen LogP contribution in [0.25, 0.3) is 0 Å². The zero-order valence-electron chi connectivity index (χ0n) is 12.7. The average molecular weight is 331 g/mol. The van der Waals surface area contributed by atoms with Crippen LogP contribution in [0.5, 0.6) is 0 Å². The number of nitrogens with zero attached hydrogens (tertiary/aromatic N) is 2. The topological polar surface area (TPSA) is 75.4 Å². The molecule has 0 radical (unpaired) electrons. The van der Waals surface area contributed by atoms with Gasteiger partial charge in [-0.1, -0.05) is 30.3 Å². The average Bonchev–Trinajstić information content (AvgIpc) is 3.05. The first-order valence-electron chi connectivity index (χ1n) is 7.39. The Morgan fingerprint density at radius 3 is 2.91 bits per heavy atom. The van der Waals surface area contributed by atoms with Crippen LogP contribution in [0.15, 0.2) is 40.9 Å². The molecule has 0 bridgehead atoms. The van der Waals surface area contributed by atoms with Crippen LogP contribution >= 0.6 is 11.8 Å². The zero-order chi connectivity index (χ0) is 16.2. The lowest BCUT2D eigenvalue weighted by Gasteiger charge is -2.38. The molecule has 120 valence electrons. The number of aromatic nitrogens is 1. The Hall–Kier alpha value is -2.28. The van der Waals surface area contributed by atoms with Crippen molar-refractivity contribution in [3.63, 3.8) is 0 Å². The van der Waals surface area contributed by atoms with Crippen LogP contribution in [-0.2, 0) is 10.5 Å². The Kier molecular flexibility index (Phi) is 4.66. The smallest absolute Gasteiger partial charge is 0.274 e. The molecular formula is C16H17N3O3S. The number of carbonyl (C=O) groups excluding carboxylic acids is 2. The molecule has 0 saturated carbocycles. The summed E-state index contributed by atoms with van der Waals surface area (Å²) in [4.78, 5) is 25.9. The molecule has 1 fully saturated rings. The molecule has 0 aliphatic carbocycles. The van der Waals surface area contributed by atoms with E-state index in [0.29, 0.717) is 18.1 Å². The number of thioether (sulfide) groups is 1. The molecule has 0 unspecified atom stereocenters. The number of hydrogen-bond acceptors (Lipinski definition) is 5. The van der Waals surface area contributed by atoms with Gasteiger partial charge in [0, 0.05) is 11.8 Å². The normalized spacial score (nSPS) is 17.0. The standard InChI is InChI=1S/C16H17N3O3S/c1-2-23-10-12-8-13(18-22-12)15(20)17-14-9-19(16(14)21)11-6-4-3-5-7-11/h3-8,14H,2,9-10H2,1H3,(H,17,20)/t14-/m1/s1. The van der Waals surface area contributed by atoms with E-state index in [1.807, 2.05) is 30.3 Å². The van der Waals surface area contributed by atoms with Crippen molar-refractivity contribution in [2.75, 3.05) is 17.2 Å². The molecule has 7 heteroatoms. The minimum absolute atomic E-state index is 0.116. The van der Waals surface area contributed by atoms with E-state index in [-0.39, 0.29) is 17.5 Å². The first-order chi connectivity index (χ1) is 11.2. The molecule has 1 aromatic heterocycles. The third kappa shape index (κ3) is 3.39. The van der Waals surface area contributed by atoms with E-state index in [0.717, 1.165) is 11.4 Å². The number of β-lactam (4-membered cyclic amide) rings is 1. The van der Waals surface area contributed by atoms with Gasteiger partial charge in [-0.15, -0.1) is 0 Å². The van der Waals surface area contributed by atoms with Crippen molar-refractivity contribution in [1.82, 2.24) is 10.5 Å². The van der Waals surface area contributed by atoms with Crippen molar-refractivity contribution in [2.45, 2.75) is 18.7 Å². The molecule has 1 saturated heterocycles. The van der Waals surface area contributed by atoms with Crippen molar-refractivity contribution in [3.8, 4) is 0 Å². The molecule has 0 spiro atoms. The van der Waals surface area contributed by atoms with E-state index in [1.54, 1.807) is 22.7 Å². The molecule has 1 aliphatic rings. The van der Waals surface area contributed by atoms with Crippen molar-refractivity contribution in [1.29, 1.82) is 0 Å². The van der Waals surface area contributed by atoms with Crippen LogP contribution < -0.4 is 10.2 Å². The SMILES string of the molecule is CCSCc1cc(C(=O)N[C@@H]2CN(c3ccccc3)C2=O)no1. The molecule has 3 rings (SSSR count). The highest BCUT2D eigenvalue weighted by Crippen LogP contribution is 2.22. The summed E-state index contributed by atoms with van der Waals surface area (Å²) in [5, 5.41) is 6.45. The second-order valence-electron chi connectivity index (χ2n) is 5.13. The lowest BCUT2D eigenvalue weighted by Crippen LogP contribution is -2.64. The minimum atomic E-state index is -0.507. The van der Waals surface area contributed by atoms with Gasteiger partial charge in [-0.25, -0.2) is 0 Å². The van der Waals surface area contributed by atoms with Crippen LogP contribution in [0.3, 0.4) is 0 Å². The number of rotatable bonds is 6. The number of hydrogen-bond donors (Lipinski definition) is 1. The van der Waals surface area contributed by atoms with Crippen LogP contribution in [0.4, 0.5) is 5.69 Å². The van der Waals surface area contributed by atoms with Crippen molar-refractivity contribution in [2.24, 2.45) is 0 Å². The fourth-order valence-electron chi connectivity index (χ4n) is 2.30. The molecule has 23 heavy (non-hydrogen) atoms. The summed E-state index contributed by atoms with van der Waals surface area (Å²) in [6.45, 7) is 2.51. The largest absolute Gasteiger partial charge is 0.360 e. The van der Waals surface area contributed by atoms with E-state index in [2.05, 4.69) is 17.4 Å². The molecule has 1 N–H and O–H groups in total. The quantitative estimate of drug-likeness (QED) is 0.820. The maximum absolute atomic E-state index is 12.1. The number of benzene rings is 1. The Morgan fingerprint density at radius 1 is 1.43 bits per heavy atom. The Morgan fingerprint density at radius 2 is 2.22 bits per heavy atom. The summed E-state index contributed by atoms with van der Waals surface area (Å²) < 4.78 is 5.11. The highest BCUT2D eigenvalue weighted by molar-refractivity contribution is 7.98. The number of nitrogens with one attached hydrogen (secondary N) is 1. The molecule has 2 amide bonds. The summed E-state index contributed by atoms with van der Waals surface area (Å²) in [5.41, 5.74) is 1.05. The van der Waals surface area contributed by atoms with Crippen LogP contribution in [0.1, 0.15) is 23.2 Å². The van der Waals surface area contributed by atoms with Gasteiger partial charge >= 0.3 is 0 Å². The van der Waals surface area contributed by atoms with Gasteiger partial charge in [0.25, 0.3) is 11.8 Å². The molecule has 1 aromatic carbocycles. The van der Waals surface area contributed by atoms with E-state index in [1.165, 1.54) is 0 Å². The van der Waals surface area contributed by atoms with Crippen molar-refractivity contribution >= 4 is 29.3 Å². The van der Waals surface area contributed by atoms with E-state index < -0.39 is 6.04 Å². The second-order valence-corrected chi connectivity index (χ2v) is 6.40. The van der Waals surface area contributed by atoms with Gasteiger partial charge in [-0.3, -0.25) is 9.59 Å². The highest BCUT2D eigenvalue weighted by atomic mass is 32.2. The number of para-hydroxylation sites is 1. The van der Waals surface area contributed by atoms with Gasteiger partial charge in [0.2, 0.25) is 0 Å². The van der Waals surface area contributed by atoms with E-state index in [4.69, 9.17) is 4.52 Å². The molecule has 6 nitrogen and oxygen atoms in total. The maximum Gasteiger partial charge on any atom is 0.274 e. The molecule has 1 aliphatic heterocycles. The fraction of sp³-hybridized carbons (Fsp3) is 0.312. The lowest BCUT2D eigenvalue weighted by molar-refractivity contribution is -0.124. The molecular weight excluding hydrogens is 314 g/mol. The number of anilines is 1. The number of amides is 2. The Labute approximate surface area is 138 Å². The van der Waals surface area contributed by atoms with Crippen LogP contribution in [0, 0.1) is 0 Å². The zero-order valence-corrected chi connectivity index (χ0v) is 13.5. The first kappa shape index (κ1) is 15.6. The lowest BCUT2D eigenvalue weighted by atomic mass is 10.1. The summed E-state index contributed by atoms with van der Waals surface area (Å²) in [6.07, 6.45) is 0. The summed E-state index contributed by atoms with van der Waals surface area (Å²) >= 11 is 1.69. The highest BCUT2D eigenvalue weighted by Gasteiger charge is 2.39. The van der Waals surface area contributed by atoms with Gasteiger partial charge < -0.3 is 14.7 Å². The summed E-state index contributed by atoms with van der Waals surface area (Å²) in [5.74, 6) is 1.81. The Bertz CT molecular complexity index is 702. The third-order valence-corrected chi connectivity index (χ3v) is 4.44. The second kappa shape index (κ2) is 6.87. The molecule has 2 aromatic rings. The van der Waals surface area contributed by atoms with Gasteiger partial charge in [0.15, 0.2) is 5.69 Å². The molecule has 1 atom stereocenters. The van der Waals surface area contributed by atoms with Gasteiger partial charge in [0.05, 0.1) is 12.3 Å². The fourth-order valence-corrected chi connectivity index (χ4v) is 2.84. The Balaban J connectivity index is 1.55. The van der Waals surface area contributed by atoms with E-state index >= 15 is 0 Å². The van der Waals surface area contributed by atoms with Crippen molar-refractivity contribution < 1.29 is 14.1 Å². The third-order valence-electron chi connectivity index (χ3n) is 3.54. The summed E-state index contributed by atoms with van der Waals surface area (Å²) in [6, 6.07) is 10.5. The minimum Gasteiger partial charge on any atom is -0.360 e. The van der Waals surface area contributed by atoms with E-state index in [9.17, 15) is 9.59 Å². The predicted octanol–water partition coefficient (Wildman–Crippen LogP) is 2.07. The van der Waals surface area contributed by atoms with Crippen molar-refractivity contribution in [3.05, 3.63) is 47.9 Å².